The molecule has 3 heterocycles. The molecule has 4 rings (SSSR count). The minimum atomic E-state index is -4.63. The van der Waals surface area contributed by atoms with Gasteiger partial charge in [-0.15, -0.1) is 0 Å². The number of hydrogen-bond acceptors (Lipinski definition) is 16. The van der Waals surface area contributed by atoms with E-state index in [0.29, 0.717) is 11.1 Å². The summed E-state index contributed by atoms with van der Waals surface area (Å²) in [5.74, 6) is -4.03. The first-order valence-electron chi connectivity index (χ1n) is 19.2. The fraction of sp³-hybridized carbons (Fsp3) is 0.564. The molecule has 0 spiro atoms. The summed E-state index contributed by atoms with van der Waals surface area (Å²) in [6.07, 6.45) is -1.90. The summed E-state index contributed by atoms with van der Waals surface area (Å²) in [6, 6.07) is 10.2. The molecule has 1 fully saturated rings. The van der Waals surface area contributed by atoms with Crippen molar-refractivity contribution in [1.82, 2.24) is 19.7 Å². The number of rotatable bonds is 20. The van der Waals surface area contributed by atoms with E-state index in [-0.39, 0.29) is 36.2 Å². The standard InChI is InChI=1S/C39H53N6O12P/c1-9-26(10-2)18-52-37(48)25(8)44-58(50,53-19-27-14-12-13-15-28(27)38(49)51-11-3)54-20-30-32(55-35(46)23(4)5)33(56-36(47)24(6)7)39(21-40,57-30)31-17-16-29-34(41)42-22-43-45(29)31/h12-17,22-26,30,32-33H,9-11,18-20H2,1-8H3,(H,44,50)(H2,41,42,43)/t25-,30+,32+,33+,39-,58+/m0/s1. The number of anilines is 1. The average molecular weight is 829 g/mol. The van der Waals surface area contributed by atoms with E-state index >= 15 is 0 Å². The number of fused-ring (bicyclic) bond motifs is 1. The van der Waals surface area contributed by atoms with E-state index in [1.54, 1.807) is 52.8 Å². The van der Waals surface area contributed by atoms with Crippen LogP contribution in [0, 0.1) is 29.1 Å². The van der Waals surface area contributed by atoms with Gasteiger partial charge in [-0.1, -0.05) is 72.6 Å². The highest BCUT2D eigenvalue weighted by Gasteiger charge is 2.63. The second kappa shape index (κ2) is 20.2. The Morgan fingerprint density at radius 1 is 0.966 bits per heavy atom. The molecule has 58 heavy (non-hydrogen) atoms. The van der Waals surface area contributed by atoms with Crippen molar-refractivity contribution in [2.24, 2.45) is 17.8 Å². The van der Waals surface area contributed by atoms with Crippen LogP contribution in [-0.2, 0) is 63.9 Å². The molecule has 0 radical (unpaired) electrons. The lowest BCUT2D eigenvalue weighted by Crippen LogP contribution is -2.47. The fourth-order valence-corrected chi connectivity index (χ4v) is 7.42. The van der Waals surface area contributed by atoms with Crippen LogP contribution in [-0.4, -0.2) is 82.6 Å². The minimum Gasteiger partial charge on any atom is -0.464 e. The number of nitrogens with zero attached hydrogens (tertiary/aromatic N) is 4. The Hall–Kier alpha value is -4.92. The molecule has 0 bridgehead atoms. The molecule has 0 saturated carbocycles. The van der Waals surface area contributed by atoms with Gasteiger partial charge in [0.05, 0.1) is 49.5 Å². The highest BCUT2D eigenvalue weighted by atomic mass is 31.2. The lowest BCUT2D eigenvalue weighted by molar-refractivity contribution is -0.173. The number of benzene rings is 1. The first-order chi connectivity index (χ1) is 27.5. The highest BCUT2D eigenvalue weighted by molar-refractivity contribution is 7.51. The van der Waals surface area contributed by atoms with Crippen LogP contribution >= 0.6 is 7.75 Å². The zero-order valence-electron chi connectivity index (χ0n) is 34.0. The molecule has 3 N–H and O–H groups in total. The molecule has 0 amide bonds. The van der Waals surface area contributed by atoms with Crippen LogP contribution in [0.2, 0.25) is 0 Å². The third-order valence-electron chi connectivity index (χ3n) is 9.50. The Morgan fingerprint density at radius 2 is 1.64 bits per heavy atom. The molecule has 1 aliphatic rings. The summed E-state index contributed by atoms with van der Waals surface area (Å²) in [6.45, 7) is 12.4. The molecular weight excluding hydrogens is 775 g/mol. The van der Waals surface area contributed by atoms with Crippen molar-refractivity contribution in [1.29, 1.82) is 5.26 Å². The average Bonchev–Trinajstić information content (AvgIpc) is 3.77. The van der Waals surface area contributed by atoms with Crippen molar-refractivity contribution in [3.63, 3.8) is 0 Å². The second-order valence-corrected chi connectivity index (χ2v) is 16.1. The largest absolute Gasteiger partial charge is 0.464 e. The Balaban J connectivity index is 1.77. The molecule has 6 atom stereocenters. The quantitative estimate of drug-likeness (QED) is 0.0861. The highest BCUT2D eigenvalue weighted by Crippen LogP contribution is 2.49. The summed E-state index contributed by atoms with van der Waals surface area (Å²) in [5, 5.41) is 17.8. The van der Waals surface area contributed by atoms with Gasteiger partial charge in [-0.2, -0.15) is 10.4 Å². The van der Waals surface area contributed by atoms with E-state index in [4.69, 9.17) is 38.5 Å². The summed E-state index contributed by atoms with van der Waals surface area (Å²) < 4.78 is 56.9. The molecule has 0 aliphatic carbocycles. The van der Waals surface area contributed by atoms with Crippen molar-refractivity contribution >= 4 is 43.0 Å². The number of nitriles is 1. The SMILES string of the molecule is CCOC(=O)c1ccccc1CO[P@](=O)(N[C@@H](C)C(=O)OCC(CC)CC)OC[C@H]1O[C@@](C#N)(c2ccc3c(N)ncnn23)[C@H](OC(=O)C(C)C)[C@@H]1OC(=O)C(C)C. The maximum Gasteiger partial charge on any atom is 0.406 e. The van der Waals surface area contributed by atoms with Crippen molar-refractivity contribution in [2.75, 3.05) is 25.6 Å². The molecule has 1 aromatic carbocycles. The van der Waals surface area contributed by atoms with E-state index in [1.165, 1.54) is 29.6 Å². The third-order valence-corrected chi connectivity index (χ3v) is 11.2. The normalized spacial score (nSPS) is 20.8. The van der Waals surface area contributed by atoms with Crippen LogP contribution in [0.4, 0.5) is 5.82 Å². The molecule has 0 unspecified atom stereocenters. The van der Waals surface area contributed by atoms with Gasteiger partial charge in [0.15, 0.2) is 18.0 Å². The summed E-state index contributed by atoms with van der Waals surface area (Å²) >= 11 is 0. The predicted molar refractivity (Wildman–Crippen MR) is 207 cm³/mol. The van der Waals surface area contributed by atoms with Crippen molar-refractivity contribution in [3.05, 3.63) is 59.5 Å². The predicted octanol–water partition coefficient (Wildman–Crippen LogP) is 5.04. The van der Waals surface area contributed by atoms with Gasteiger partial charge in [0.1, 0.15) is 30.1 Å². The number of carbonyl (C=O) groups is 4. The van der Waals surface area contributed by atoms with Gasteiger partial charge in [-0.25, -0.2) is 23.9 Å². The number of aromatic nitrogens is 3. The van der Waals surface area contributed by atoms with Gasteiger partial charge in [0.25, 0.3) is 0 Å². The van der Waals surface area contributed by atoms with Crippen LogP contribution in [0.5, 0.6) is 0 Å². The van der Waals surface area contributed by atoms with Gasteiger partial charge in [0.2, 0.25) is 5.60 Å². The fourth-order valence-electron chi connectivity index (χ4n) is 5.97. The van der Waals surface area contributed by atoms with E-state index in [2.05, 4.69) is 21.2 Å². The lowest BCUT2D eigenvalue weighted by atomic mass is 9.92. The molecular formula is C39H53N6O12P. The van der Waals surface area contributed by atoms with Crippen LogP contribution < -0.4 is 10.8 Å². The topological polar surface area (TPSA) is 242 Å². The van der Waals surface area contributed by atoms with Crippen LogP contribution in [0.1, 0.15) is 89.8 Å². The third kappa shape index (κ3) is 10.6. The van der Waals surface area contributed by atoms with Gasteiger partial charge >= 0.3 is 31.6 Å². The Kier molecular flexibility index (Phi) is 15.9. The first-order valence-corrected chi connectivity index (χ1v) is 20.8. The molecule has 18 nitrogen and oxygen atoms in total. The van der Waals surface area contributed by atoms with E-state index in [9.17, 15) is 29.0 Å². The molecule has 3 aromatic rings. The number of nitrogens with two attached hydrogens (primary N) is 1. The number of nitrogen functional groups attached to an aromatic ring is 1. The smallest absolute Gasteiger partial charge is 0.406 e. The van der Waals surface area contributed by atoms with Crippen LogP contribution in [0.3, 0.4) is 0 Å². The van der Waals surface area contributed by atoms with Gasteiger partial charge in [-0.05, 0) is 43.5 Å². The van der Waals surface area contributed by atoms with Crippen LogP contribution in [0.15, 0.2) is 42.7 Å². The van der Waals surface area contributed by atoms with Crippen molar-refractivity contribution in [3.8, 4) is 6.07 Å². The van der Waals surface area contributed by atoms with E-state index < -0.39 is 86.6 Å². The van der Waals surface area contributed by atoms with Crippen molar-refractivity contribution in [2.45, 2.75) is 105 Å². The van der Waals surface area contributed by atoms with Gasteiger partial charge < -0.3 is 29.4 Å². The molecule has 1 saturated heterocycles. The molecule has 1 aliphatic heterocycles. The number of nitrogens with one attached hydrogen (secondary N) is 1. The Morgan fingerprint density at radius 3 is 2.28 bits per heavy atom. The van der Waals surface area contributed by atoms with Gasteiger partial charge in [0, 0.05) is 0 Å². The zero-order valence-corrected chi connectivity index (χ0v) is 34.9. The maximum absolute atomic E-state index is 14.7. The summed E-state index contributed by atoms with van der Waals surface area (Å²) in [5.41, 5.74) is 4.68. The Bertz CT molecular complexity index is 2010. The zero-order chi connectivity index (χ0) is 42.8. The summed E-state index contributed by atoms with van der Waals surface area (Å²) in [4.78, 5) is 56.4. The summed E-state index contributed by atoms with van der Waals surface area (Å²) in [7, 11) is -4.63. The molecule has 19 heteroatoms. The molecule has 316 valence electrons. The number of hydrogen-bond donors (Lipinski definition) is 2. The van der Waals surface area contributed by atoms with Gasteiger partial charge in [-0.3, -0.25) is 23.4 Å². The number of carbonyl (C=O) groups excluding carboxylic acids is 4. The van der Waals surface area contributed by atoms with E-state index in [1.807, 2.05) is 13.8 Å². The van der Waals surface area contributed by atoms with E-state index in [0.717, 1.165) is 19.2 Å². The maximum atomic E-state index is 14.7. The number of ether oxygens (including phenoxy) is 5. The Labute approximate surface area is 337 Å². The number of esters is 4. The van der Waals surface area contributed by atoms with Crippen molar-refractivity contribution < 1.29 is 56.5 Å². The minimum absolute atomic E-state index is 0.0516. The molecule has 2 aromatic heterocycles. The lowest BCUT2D eigenvalue weighted by Gasteiger charge is -2.29. The second-order valence-electron chi connectivity index (χ2n) is 14.3. The monoisotopic (exact) mass is 828 g/mol. The first kappa shape index (κ1) is 45.8. The van der Waals surface area contributed by atoms with Crippen LogP contribution in [0.25, 0.3) is 5.52 Å².